The van der Waals surface area contributed by atoms with E-state index in [1.54, 1.807) is 7.11 Å². The Kier molecular flexibility index (Phi) is 8.05. The number of carbonyl (C=O) groups is 2. The molecule has 0 heterocycles. The Hall–Kier alpha value is -3.80. The highest BCUT2D eigenvalue weighted by Gasteiger charge is 2.05. The van der Waals surface area contributed by atoms with Crippen LogP contribution in [-0.2, 0) is 22.6 Å². The summed E-state index contributed by atoms with van der Waals surface area (Å²) in [4.78, 5) is 24.2. The third-order valence-corrected chi connectivity index (χ3v) is 4.75. The Balaban J connectivity index is 1.37. The normalized spacial score (nSPS) is 10.2. The topological polar surface area (TPSA) is 79.5 Å². The molecule has 0 spiro atoms. The van der Waals surface area contributed by atoms with Crippen LogP contribution < -0.4 is 20.7 Å². The highest BCUT2D eigenvalue weighted by molar-refractivity contribution is 5.91. The molecule has 0 bridgehead atoms. The van der Waals surface area contributed by atoms with Crippen LogP contribution in [0.4, 0.5) is 11.4 Å². The average Bonchev–Trinajstić information content (AvgIpc) is 2.82. The van der Waals surface area contributed by atoms with E-state index in [1.165, 1.54) is 0 Å². The van der Waals surface area contributed by atoms with Crippen LogP contribution in [0.2, 0.25) is 0 Å². The first-order chi connectivity index (χ1) is 15.1. The minimum Gasteiger partial charge on any atom is -0.497 e. The lowest BCUT2D eigenvalue weighted by atomic mass is 10.1. The molecule has 0 aliphatic heterocycles. The van der Waals surface area contributed by atoms with Gasteiger partial charge in [-0.3, -0.25) is 9.59 Å². The van der Waals surface area contributed by atoms with Crippen LogP contribution in [0.25, 0.3) is 0 Å². The van der Waals surface area contributed by atoms with Gasteiger partial charge in [0.1, 0.15) is 5.75 Å². The second-order valence-corrected chi connectivity index (χ2v) is 7.09. The molecule has 3 aromatic carbocycles. The number of rotatable bonds is 10. The fraction of sp³-hybridized carbons (Fsp3) is 0.200. The Morgan fingerprint density at radius 2 is 1.45 bits per heavy atom. The van der Waals surface area contributed by atoms with Gasteiger partial charge in [-0.15, -0.1) is 0 Å². The molecule has 0 aliphatic carbocycles. The number of anilines is 2. The molecule has 6 heteroatoms. The van der Waals surface area contributed by atoms with Crippen LogP contribution >= 0.6 is 0 Å². The van der Waals surface area contributed by atoms with Gasteiger partial charge in [0.2, 0.25) is 11.8 Å². The Labute approximate surface area is 182 Å². The van der Waals surface area contributed by atoms with Crippen molar-refractivity contribution >= 4 is 23.2 Å². The summed E-state index contributed by atoms with van der Waals surface area (Å²) in [6.45, 7) is 0.622. The van der Waals surface area contributed by atoms with Gasteiger partial charge >= 0.3 is 0 Å². The summed E-state index contributed by atoms with van der Waals surface area (Å²) in [7, 11) is 1.62. The molecule has 0 radical (unpaired) electrons. The zero-order chi connectivity index (χ0) is 21.9. The number of nitrogens with one attached hydrogen (secondary N) is 3. The second kappa shape index (κ2) is 11.4. The first-order valence-corrected chi connectivity index (χ1v) is 10.2. The van der Waals surface area contributed by atoms with Crippen LogP contribution in [0.3, 0.4) is 0 Å². The number of hydrogen-bond donors (Lipinski definition) is 3. The molecule has 0 saturated carbocycles. The van der Waals surface area contributed by atoms with Gasteiger partial charge < -0.3 is 20.7 Å². The summed E-state index contributed by atoms with van der Waals surface area (Å²) in [5.74, 6) is 0.657. The van der Waals surface area contributed by atoms with Crippen molar-refractivity contribution in [3.63, 3.8) is 0 Å². The number of hydrogen-bond acceptors (Lipinski definition) is 4. The number of benzene rings is 3. The zero-order valence-corrected chi connectivity index (χ0v) is 17.6. The Morgan fingerprint density at radius 3 is 2.13 bits per heavy atom. The molecule has 0 fully saturated rings. The van der Waals surface area contributed by atoms with E-state index < -0.39 is 0 Å². The Bertz CT molecular complexity index is 971. The summed E-state index contributed by atoms with van der Waals surface area (Å²) >= 11 is 0. The summed E-state index contributed by atoms with van der Waals surface area (Å²) in [5.41, 5.74) is 3.68. The predicted molar refractivity (Wildman–Crippen MR) is 123 cm³/mol. The molecule has 3 aromatic rings. The van der Waals surface area contributed by atoms with Crippen molar-refractivity contribution in [3.8, 4) is 5.75 Å². The monoisotopic (exact) mass is 417 g/mol. The van der Waals surface area contributed by atoms with E-state index >= 15 is 0 Å². The lowest BCUT2D eigenvalue weighted by Gasteiger charge is -2.10. The van der Waals surface area contributed by atoms with Gasteiger partial charge in [0.25, 0.3) is 0 Å². The molecule has 0 aliphatic rings. The number of ether oxygens (including phenoxy) is 1. The molecule has 3 N–H and O–H groups in total. The van der Waals surface area contributed by atoms with Crippen molar-refractivity contribution in [2.45, 2.75) is 19.4 Å². The first-order valence-electron chi connectivity index (χ1n) is 10.2. The Morgan fingerprint density at radius 1 is 0.774 bits per heavy atom. The zero-order valence-electron chi connectivity index (χ0n) is 17.6. The second-order valence-electron chi connectivity index (χ2n) is 7.09. The fourth-order valence-corrected chi connectivity index (χ4v) is 2.99. The van der Waals surface area contributed by atoms with E-state index in [0.29, 0.717) is 19.4 Å². The van der Waals surface area contributed by atoms with E-state index in [-0.39, 0.29) is 18.4 Å². The van der Waals surface area contributed by atoms with Gasteiger partial charge in [0.05, 0.1) is 13.7 Å². The summed E-state index contributed by atoms with van der Waals surface area (Å²) < 4.78 is 5.12. The molecule has 3 rings (SSSR count). The smallest absolute Gasteiger partial charge is 0.239 e. The quantitative estimate of drug-likeness (QED) is 0.466. The molecule has 0 unspecified atom stereocenters. The number of carbonyl (C=O) groups excluding carboxylic acids is 2. The molecule has 0 saturated heterocycles. The van der Waals surface area contributed by atoms with Crippen LogP contribution in [0.15, 0.2) is 78.9 Å². The molecule has 6 nitrogen and oxygen atoms in total. The van der Waals surface area contributed by atoms with Gasteiger partial charge in [0, 0.05) is 24.3 Å². The fourth-order valence-electron chi connectivity index (χ4n) is 2.99. The van der Waals surface area contributed by atoms with Crippen molar-refractivity contribution in [3.05, 3.63) is 90.0 Å². The minimum atomic E-state index is -0.103. The van der Waals surface area contributed by atoms with Crippen molar-refractivity contribution < 1.29 is 14.3 Å². The van der Waals surface area contributed by atoms with Gasteiger partial charge in [-0.2, -0.15) is 0 Å². The molecular formula is C25H27N3O3. The van der Waals surface area contributed by atoms with E-state index in [4.69, 9.17) is 4.74 Å². The molecule has 160 valence electrons. The standard InChI is InChI=1S/C25H27N3O3/c1-31-23-14-7-20(8-15-23)17-27-25(30)18-26-21-10-12-22(13-11-21)28-24(29)16-9-19-5-3-2-4-6-19/h2-8,10-15,26H,9,16-18H2,1H3,(H,27,30)(H,28,29). The number of amides is 2. The van der Waals surface area contributed by atoms with Crippen molar-refractivity contribution in [2.75, 3.05) is 24.3 Å². The number of aryl methyl sites for hydroxylation is 1. The average molecular weight is 418 g/mol. The van der Waals surface area contributed by atoms with Gasteiger partial charge in [-0.1, -0.05) is 42.5 Å². The SMILES string of the molecule is COc1ccc(CNC(=O)CNc2ccc(NC(=O)CCc3ccccc3)cc2)cc1. The lowest BCUT2D eigenvalue weighted by molar-refractivity contribution is -0.119. The van der Waals surface area contributed by atoms with Crippen molar-refractivity contribution in [2.24, 2.45) is 0 Å². The van der Waals surface area contributed by atoms with Crippen LogP contribution in [0.1, 0.15) is 17.5 Å². The van der Waals surface area contributed by atoms with Crippen LogP contribution in [0, 0.1) is 0 Å². The maximum atomic E-state index is 12.1. The maximum absolute atomic E-state index is 12.1. The largest absolute Gasteiger partial charge is 0.497 e. The summed E-state index contributed by atoms with van der Waals surface area (Å²) in [5, 5.41) is 8.85. The van der Waals surface area contributed by atoms with Crippen LogP contribution in [-0.4, -0.2) is 25.5 Å². The molecule has 31 heavy (non-hydrogen) atoms. The van der Waals surface area contributed by atoms with Crippen molar-refractivity contribution in [1.82, 2.24) is 5.32 Å². The maximum Gasteiger partial charge on any atom is 0.239 e. The highest BCUT2D eigenvalue weighted by Crippen LogP contribution is 2.14. The van der Waals surface area contributed by atoms with E-state index in [2.05, 4.69) is 16.0 Å². The third kappa shape index (κ3) is 7.51. The molecule has 2 amide bonds. The summed E-state index contributed by atoms with van der Waals surface area (Å²) in [6.07, 6.45) is 1.14. The third-order valence-electron chi connectivity index (χ3n) is 4.75. The van der Waals surface area contributed by atoms with Gasteiger partial charge in [0.15, 0.2) is 0 Å². The minimum absolute atomic E-state index is 0.0255. The predicted octanol–water partition coefficient (Wildman–Crippen LogP) is 3.99. The van der Waals surface area contributed by atoms with Gasteiger partial charge in [-0.05, 0) is 53.9 Å². The van der Waals surface area contributed by atoms with Crippen LogP contribution in [0.5, 0.6) is 5.75 Å². The summed E-state index contributed by atoms with van der Waals surface area (Å²) in [6, 6.07) is 24.8. The highest BCUT2D eigenvalue weighted by atomic mass is 16.5. The number of methoxy groups -OCH3 is 1. The molecule has 0 atom stereocenters. The van der Waals surface area contributed by atoms with Gasteiger partial charge in [-0.25, -0.2) is 0 Å². The van der Waals surface area contributed by atoms with E-state index in [9.17, 15) is 9.59 Å². The van der Waals surface area contributed by atoms with E-state index in [0.717, 1.165) is 28.3 Å². The molecule has 0 aromatic heterocycles. The lowest BCUT2D eigenvalue weighted by Crippen LogP contribution is -2.29. The van der Waals surface area contributed by atoms with Crippen molar-refractivity contribution in [1.29, 1.82) is 0 Å². The first kappa shape index (κ1) is 21.9. The molecular weight excluding hydrogens is 390 g/mol. The van der Waals surface area contributed by atoms with E-state index in [1.807, 2.05) is 78.9 Å².